The van der Waals surface area contributed by atoms with Gasteiger partial charge in [0.05, 0.1) is 5.02 Å². The molecular formula is C13H17ClIN. The number of benzene rings is 1. The highest BCUT2D eigenvalue weighted by Gasteiger charge is 2.10. The van der Waals surface area contributed by atoms with Gasteiger partial charge in [-0.1, -0.05) is 23.2 Å². The van der Waals surface area contributed by atoms with Gasteiger partial charge in [-0.15, -0.1) is 6.58 Å². The van der Waals surface area contributed by atoms with Crippen LogP contribution in [-0.4, -0.2) is 7.05 Å². The summed E-state index contributed by atoms with van der Waals surface area (Å²) >= 11 is 8.37. The highest BCUT2D eigenvalue weighted by Crippen LogP contribution is 2.26. The van der Waals surface area contributed by atoms with Crippen LogP contribution in [0.3, 0.4) is 0 Å². The number of hydrogen-bond acceptors (Lipinski definition) is 1. The van der Waals surface area contributed by atoms with Gasteiger partial charge >= 0.3 is 0 Å². The van der Waals surface area contributed by atoms with Crippen molar-refractivity contribution in [2.45, 2.75) is 25.8 Å². The molecule has 0 heterocycles. The molecule has 1 atom stereocenters. The van der Waals surface area contributed by atoms with Crippen molar-refractivity contribution in [1.82, 2.24) is 5.32 Å². The molecule has 0 aromatic heterocycles. The van der Waals surface area contributed by atoms with E-state index in [1.54, 1.807) is 0 Å². The molecule has 0 aliphatic rings. The summed E-state index contributed by atoms with van der Waals surface area (Å²) in [5.74, 6) is 0. The molecule has 88 valence electrons. The van der Waals surface area contributed by atoms with Crippen LogP contribution >= 0.6 is 34.2 Å². The second kappa shape index (κ2) is 6.62. The maximum Gasteiger partial charge on any atom is 0.0542 e. The largest absolute Gasteiger partial charge is 0.313 e. The van der Waals surface area contributed by atoms with Gasteiger partial charge in [0.25, 0.3) is 0 Å². The van der Waals surface area contributed by atoms with E-state index < -0.39 is 0 Å². The van der Waals surface area contributed by atoms with Crippen molar-refractivity contribution in [3.05, 3.63) is 44.5 Å². The molecule has 0 aliphatic carbocycles. The molecule has 0 saturated heterocycles. The lowest BCUT2D eigenvalue weighted by Gasteiger charge is -2.17. The van der Waals surface area contributed by atoms with Crippen LogP contribution in [-0.2, 0) is 0 Å². The SMILES string of the molecule is C=C(C)CCC(NC)c1ccc(I)c(Cl)c1. The van der Waals surface area contributed by atoms with Gasteiger partial charge < -0.3 is 5.32 Å². The Morgan fingerprint density at radius 1 is 1.56 bits per heavy atom. The lowest BCUT2D eigenvalue weighted by Crippen LogP contribution is -2.16. The predicted molar refractivity (Wildman–Crippen MR) is 80.0 cm³/mol. The molecule has 0 bridgehead atoms. The average Bonchev–Trinajstić information content (AvgIpc) is 2.23. The predicted octanol–water partition coefficient (Wildman–Crippen LogP) is 4.56. The van der Waals surface area contributed by atoms with Crippen LogP contribution in [0.2, 0.25) is 5.02 Å². The number of halogens is 2. The Balaban J connectivity index is 2.78. The quantitative estimate of drug-likeness (QED) is 0.607. The van der Waals surface area contributed by atoms with Crippen LogP contribution in [0, 0.1) is 3.57 Å². The van der Waals surface area contributed by atoms with E-state index in [4.69, 9.17) is 11.6 Å². The third-order valence-corrected chi connectivity index (χ3v) is 4.13. The van der Waals surface area contributed by atoms with Crippen molar-refractivity contribution in [1.29, 1.82) is 0 Å². The Hall–Kier alpha value is -0.0600. The van der Waals surface area contributed by atoms with E-state index in [9.17, 15) is 0 Å². The van der Waals surface area contributed by atoms with Crippen LogP contribution in [0.25, 0.3) is 0 Å². The van der Waals surface area contributed by atoms with Crippen molar-refractivity contribution in [2.24, 2.45) is 0 Å². The Labute approximate surface area is 116 Å². The molecule has 0 fully saturated rings. The molecule has 0 aliphatic heterocycles. The fourth-order valence-corrected chi connectivity index (χ4v) is 2.12. The summed E-state index contributed by atoms with van der Waals surface area (Å²) in [5, 5.41) is 4.15. The van der Waals surface area contributed by atoms with Crippen molar-refractivity contribution in [3.8, 4) is 0 Å². The minimum Gasteiger partial charge on any atom is -0.313 e. The third kappa shape index (κ3) is 4.07. The van der Waals surface area contributed by atoms with Crippen LogP contribution in [0.5, 0.6) is 0 Å². The smallest absolute Gasteiger partial charge is 0.0542 e. The molecule has 1 aromatic carbocycles. The standard InChI is InChI=1S/C13H17ClIN/c1-9(2)4-7-13(16-3)10-5-6-12(15)11(14)8-10/h5-6,8,13,16H,1,4,7H2,2-3H3. The summed E-state index contributed by atoms with van der Waals surface area (Å²) in [7, 11) is 1.98. The molecular weight excluding hydrogens is 333 g/mol. The fraction of sp³-hybridized carbons (Fsp3) is 0.385. The van der Waals surface area contributed by atoms with Gasteiger partial charge in [-0.3, -0.25) is 0 Å². The van der Waals surface area contributed by atoms with Gasteiger partial charge in [-0.05, 0) is 67.1 Å². The molecule has 1 rings (SSSR count). The van der Waals surface area contributed by atoms with E-state index in [0.29, 0.717) is 6.04 Å². The van der Waals surface area contributed by atoms with Crippen molar-refractivity contribution in [3.63, 3.8) is 0 Å². The summed E-state index contributed by atoms with van der Waals surface area (Å²) in [6, 6.07) is 6.59. The minimum absolute atomic E-state index is 0.353. The molecule has 0 radical (unpaired) electrons. The third-order valence-electron chi connectivity index (χ3n) is 2.55. The first kappa shape index (κ1) is 14.0. The molecule has 1 unspecified atom stereocenters. The van der Waals surface area contributed by atoms with Gasteiger partial charge in [0, 0.05) is 9.61 Å². The second-order valence-electron chi connectivity index (χ2n) is 4.01. The van der Waals surface area contributed by atoms with E-state index >= 15 is 0 Å². The Morgan fingerprint density at radius 3 is 2.75 bits per heavy atom. The Kier molecular flexibility index (Phi) is 5.79. The first-order valence-corrected chi connectivity index (χ1v) is 6.77. The normalized spacial score (nSPS) is 12.5. The molecule has 3 heteroatoms. The topological polar surface area (TPSA) is 12.0 Å². The second-order valence-corrected chi connectivity index (χ2v) is 5.58. The first-order chi connectivity index (χ1) is 7.54. The highest BCUT2D eigenvalue weighted by molar-refractivity contribution is 14.1. The molecule has 0 amide bonds. The number of rotatable bonds is 5. The van der Waals surface area contributed by atoms with E-state index in [1.807, 2.05) is 13.1 Å². The lowest BCUT2D eigenvalue weighted by atomic mass is 10.0. The molecule has 1 N–H and O–H groups in total. The van der Waals surface area contributed by atoms with E-state index in [0.717, 1.165) is 21.4 Å². The average molecular weight is 350 g/mol. The van der Waals surface area contributed by atoms with E-state index in [2.05, 4.69) is 53.5 Å². The van der Waals surface area contributed by atoms with Crippen LogP contribution in [0.1, 0.15) is 31.4 Å². The molecule has 1 nitrogen and oxygen atoms in total. The van der Waals surface area contributed by atoms with Gasteiger partial charge in [0.1, 0.15) is 0 Å². The summed E-state index contributed by atoms with van der Waals surface area (Å²) in [6.07, 6.45) is 2.10. The van der Waals surface area contributed by atoms with E-state index in [-0.39, 0.29) is 0 Å². The van der Waals surface area contributed by atoms with Crippen LogP contribution in [0.4, 0.5) is 0 Å². The number of nitrogens with one attached hydrogen (secondary N) is 1. The number of allylic oxidation sites excluding steroid dienone is 1. The van der Waals surface area contributed by atoms with Gasteiger partial charge in [-0.25, -0.2) is 0 Å². The summed E-state index contributed by atoms with van der Waals surface area (Å²) in [5.41, 5.74) is 2.46. The summed E-state index contributed by atoms with van der Waals surface area (Å²) < 4.78 is 1.10. The zero-order valence-electron chi connectivity index (χ0n) is 9.69. The lowest BCUT2D eigenvalue weighted by molar-refractivity contribution is 0.548. The highest BCUT2D eigenvalue weighted by atomic mass is 127. The fourth-order valence-electron chi connectivity index (χ4n) is 1.60. The van der Waals surface area contributed by atoms with Crippen LogP contribution < -0.4 is 5.32 Å². The maximum absolute atomic E-state index is 6.12. The summed E-state index contributed by atoms with van der Waals surface area (Å²) in [6.45, 7) is 5.99. The van der Waals surface area contributed by atoms with Crippen LogP contribution in [0.15, 0.2) is 30.4 Å². The molecule has 16 heavy (non-hydrogen) atoms. The maximum atomic E-state index is 6.12. The monoisotopic (exact) mass is 349 g/mol. The number of hydrogen-bond donors (Lipinski definition) is 1. The molecule has 0 spiro atoms. The Bertz CT molecular complexity index is 376. The van der Waals surface area contributed by atoms with Gasteiger partial charge in [-0.2, -0.15) is 0 Å². The van der Waals surface area contributed by atoms with Gasteiger partial charge in [0.15, 0.2) is 0 Å². The summed E-state index contributed by atoms with van der Waals surface area (Å²) in [4.78, 5) is 0. The first-order valence-electron chi connectivity index (χ1n) is 5.31. The minimum atomic E-state index is 0.353. The van der Waals surface area contributed by atoms with Crippen molar-refractivity contribution in [2.75, 3.05) is 7.05 Å². The van der Waals surface area contributed by atoms with Crippen molar-refractivity contribution >= 4 is 34.2 Å². The Morgan fingerprint density at radius 2 is 2.25 bits per heavy atom. The molecule has 0 saturated carbocycles. The zero-order chi connectivity index (χ0) is 12.1. The van der Waals surface area contributed by atoms with E-state index in [1.165, 1.54) is 11.1 Å². The molecule has 1 aromatic rings. The van der Waals surface area contributed by atoms with Crippen molar-refractivity contribution < 1.29 is 0 Å². The van der Waals surface area contributed by atoms with Gasteiger partial charge in [0.2, 0.25) is 0 Å². The zero-order valence-corrected chi connectivity index (χ0v) is 12.6.